The molecule has 1 fully saturated rings. The average molecular weight is 355 g/mol. The standard InChI is InChI=1S/C16H16F3N3OS/c17-16(18,19)11-3-1-2-9(6-11)7-12-14(10-4-5-10)22-15(24-12)21-13(23)8-20/h1-3,6,10H,4-5,7-8,20H2,(H,21,22,23). The Balaban J connectivity index is 1.85. The molecule has 0 saturated heterocycles. The van der Waals surface area contributed by atoms with Gasteiger partial charge in [-0.25, -0.2) is 4.98 Å². The van der Waals surface area contributed by atoms with Gasteiger partial charge in [0.25, 0.3) is 0 Å². The van der Waals surface area contributed by atoms with Gasteiger partial charge in [-0.3, -0.25) is 4.79 Å². The van der Waals surface area contributed by atoms with E-state index in [4.69, 9.17) is 5.73 Å². The summed E-state index contributed by atoms with van der Waals surface area (Å²) in [4.78, 5) is 16.7. The van der Waals surface area contributed by atoms with Crippen molar-refractivity contribution in [3.8, 4) is 0 Å². The molecule has 1 aliphatic rings. The molecule has 4 nitrogen and oxygen atoms in total. The van der Waals surface area contributed by atoms with Crippen molar-refractivity contribution in [1.82, 2.24) is 4.98 Å². The summed E-state index contributed by atoms with van der Waals surface area (Å²) in [6.07, 6.45) is -1.96. The number of alkyl halides is 3. The van der Waals surface area contributed by atoms with Crippen LogP contribution in [0.3, 0.4) is 0 Å². The Labute approximate surface area is 140 Å². The van der Waals surface area contributed by atoms with Gasteiger partial charge in [0.15, 0.2) is 5.13 Å². The third kappa shape index (κ3) is 3.93. The number of amides is 1. The van der Waals surface area contributed by atoms with Gasteiger partial charge in [0.05, 0.1) is 17.8 Å². The molecule has 1 aromatic carbocycles. The number of aromatic nitrogens is 1. The molecule has 128 valence electrons. The minimum Gasteiger partial charge on any atom is -0.322 e. The summed E-state index contributed by atoms with van der Waals surface area (Å²) in [7, 11) is 0. The van der Waals surface area contributed by atoms with E-state index in [0.717, 1.165) is 35.5 Å². The first-order valence-corrected chi connectivity index (χ1v) is 8.34. The van der Waals surface area contributed by atoms with Gasteiger partial charge in [-0.05, 0) is 24.5 Å². The number of rotatable bonds is 5. The zero-order chi connectivity index (χ0) is 17.3. The number of anilines is 1. The second-order valence-electron chi connectivity index (χ2n) is 5.73. The van der Waals surface area contributed by atoms with Gasteiger partial charge >= 0.3 is 6.18 Å². The fourth-order valence-electron chi connectivity index (χ4n) is 2.43. The Morgan fingerprint density at radius 1 is 1.38 bits per heavy atom. The van der Waals surface area contributed by atoms with Crippen LogP contribution in [0.5, 0.6) is 0 Å². The molecule has 3 N–H and O–H groups in total. The average Bonchev–Trinajstić information content (AvgIpc) is 3.30. The molecule has 2 aromatic rings. The summed E-state index contributed by atoms with van der Waals surface area (Å²) < 4.78 is 38.5. The van der Waals surface area contributed by atoms with Crippen molar-refractivity contribution in [3.63, 3.8) is 0 Å². The SMILES string of the molecule is NCC(=O)Nc1nc(C2CC2)c(Cc2cccc(C(F)(F)F)c2)s1. The summed E-state index contributed by atoms with van der Waals surface area (Å²) >= 11 is 1.30. The first-order valence-electron chi connectivity index (χ1n) is 7.52. The monoisotopic (exact) mass is 355 g/mol. The van der Waals surface area contributed by atoms with Gasteiger partial charge in [-0.15, -0.1) is 11.3 Å². The zero-order valence-corrected chi connectivity index (χ0v) is 13.5. The minimum absolute atomic E-state index is 0.138. The van der Waals surface area contributed by atoms with Crippen molar-refractivity contribution in [1.29, 1.82) is 0 Å². The van der Waals surface area contributed by atoms with E-state index < -0.39 is 11.7 Å². The molecule has 1 aromatic heterocycles. The van der Waals surface area contributed by atoms with Crippen LogP contribution in [-0.4, -0.2) is 17.4 Å². The minimum atomic E-state index is -4.36. The number of nitrogens with one attached hydrogen (secondary N) is 1. The van der Waals surface area contributed by atoms with E-state index in [0.29, 0.717) is 23.0 Å². The Kier molecular flexibility index (Phi) is 4.60. The molecule has 3 rings (SSSR count). The molecule has 1 saturated carbocycles. The van der Waals surface area contributed by atoms with Crippen molar-refractivity contribution in [2.45, 2.75) is 31.4 Å². The fraction of sp³-hybridized carbons (Fsp3) is 0.375. The molecule has 24 heavy (non-hydrogen) atoms. The van der Waals surface area contributed by atoms with Crippen molar-refractivity contribution in [2.24, 2.45) is 5.73 Å². The van der Waals surface area contributed by atoms with Gasteiger partial charge in [0, 0.05) is 17.2 Å². The van der Waals surface area contributed by atoms with Crippen LogP contribution in [0.4, 0.5) is 18.3 Å². The van der Waals surface area contributed by atoms with Crippen molar-refractivity contribution < 1.29 is 18.0 Å². The largest absolute Gasteiger partial charge is 0.416 e. The van der Waals surface area contributed by atoms with E-state index in [2.05, 4.69) is 10.3 Å². The Bertz CT molecular complexity index is 753. The number of carbonyl (C=O) groups excluding carboxylic acids is 1. The first-order chi connectivity index (χ1) is 11.4. The summed E-state index contributed by atoms with van der Waals surface area (Å²) in [6, 6.07) is 5.30. The van der Waals surface area contributed by atoms with E-state index >= 15 is 0 Å². The smallest absolute Gasteiger partial charge is 0.322 e. The van der Waals surface area contributed by atoms with E-state index in [1.165, 1.54) is 17.4 Å². The maximum atomic E-state index is 12.8. The highest BCUT2D eigenvalue weighted by molar-refractivity contribution is 7.15. The Morgan fingerprint density at radius 2 is 2.12 bits per heavy atom. The second-order valence-corrected chi connectivity index (χ2v) is 6.81. The number of benzene rings is 1. The van der Waals surface area contributed by atoms with Crippen molar-refractivity contribution in [3.05, 3.63) is 46.0 Å². The van der Waals surface area contributed by atoms with E-state index in [9.17, 15) is 18.0 Å². The lowest BCUT2D eigenvalue weighted by atomic mass is 10.1. The lowest BCUT2D eigenvalue weighted by molar-refractivity contribution is -0.137. The maximum Gasteiger partial charge on any atom is 0.416 e. The molecule has 0 atom stereocenters. The molecular weight excluding hydrogens is 339 g/mol. The summed E-state index contributed by atoms with van der Waals surface area (Å²) in [6.45, 7) is -0.138. The molecule has 8 heteroatoms. The van der Waals surface area contributed by atoms with Crippen LogP contribution in [0.1, 0.15) is 40.5 Å². The summed E-state index contributed by atoms with van der Waals surface area (Å²) in [5.74, 6) is 0.00212. The highest BCUT2D eigenvalue weighted by Crippen LogP contribution is 2.44. The molecule has 1 aliphatic carbocycles. The van der Waals surface area contributed by atoms with Crippen molar-refractivity contribution >= 4 is 22.4 Å². The molecule has 1 heterocycles. The number of hydrogen-bond acceptors (Lipinski definition) is 4. The number of nitrogens with two attached hydrogens (primary N) is 1. The predicted octanol–water partition coefficient (Wildman–Crippen LogP) is 3.53. The molecule has 1 amide bonds. The van der Waals surface area contributed by atoms with E-state index in [-0.39, 0.29) is 12.5 Å². The lowest BCUT2D eigenvalue weighted by Crippen LogP contribution is -2.21. The quantitative estimate of drug-likeness (QED) is 0.862. The van der Waals surface area contributed by atoms with Crippen LogP contribution in [0, 0.1) is 0 Å². The summed E-state index contributed by atoms with van der Waals surface area (Å²) in [5.41, 5.74) is 6.07. The number of halogens is 3. The summed E-state index contributed by atoms with van der Waals surface area (Å²) in [5, 5.41) is 3.07. The van der Waals surface area contributed by atoms with Crippen LogP contribution in [-0.2, 0) is 17.4 Å². The van der Waals surface area contributed by atoms with Gasteiger partial charge in [0.2, 0.25) is 5.91 Å². The molecule has 0 aliphatic heterocycles. The van der Waals surface area contributed by atoms with Gasteiger partial charge < -0.3 is 11.1 Å². The van der Waals surface area contributed by atoms with Crippen LogP contribution in [0.2, 0.25) is 0 Å². The molecular formula is C16H16F3N3OS. The zero-order valence-electron chi connectivity index (χ0n) is 12.7. The van der Waals surface area contributed by atoms with Crippen LogP contribution < -0.4 is 11.1 Å². The number of thiazole rings is 1. The Hall–Kier alpha value is -1.93. The van der Waals surface area contributed by atoms with Gasteiger partial charge in [0.1, 0.15) is 0 Å². The fourth-order valence-corrected chi connectivity index (χ4v) is 3.53. The third-order valence-corrected chi connectivity index (χ3v) is 4.73. The molecule has 0 bridgehead atoms. The normalized spacial score (nSPS) is 14.7. The maximum absolute atomic E-state index is 12.8. The topological polar surface area (TPSA) is 68.0 Å². The number of nitrogens with zero attached hydrogens (tertiary/aromatic N) is 1. The second kappa shape index (κ2) is 6.52. The predicted molar refractivity (Wildman–Crippen MR) is 86.0 cm³/mol. The molecule has 0 spiro atoms. The Morgan fingerprint density at radius 3 is 2.75 bits per heavy atom. The first kappa shape index (κ1) is 16.9. The molecule has 0 radical (unpaired) electrons. The van der Waals surface area contributed by atoms with E-state index in [1.54, 1.807) is 6.07 Å². The number of hydrogen-bond donors (Lipinski definition) is 2. The highest BCUT2D eigenvalue weighted by atomic mass is 32.1. The van der Waals surface area contributed by atoms with Gasteiger partial charge in [-0.2, -0.15) is 13.2 Å². The number of carbonyl (C=O) groups is 1. The van der Waals surface area contributed by atoms with Crippen molar-refractivity contribution in [2.75, 3.05) is 11.9 Å². The highest BCUT2D eigenvalue weighted by Gasteiger charge is 2.32. The van der Waals surface area contributed by atoms with E-state index in [1.807, 2.05) is 0 Å². The van der Waals surface area contributed by atoms with Crippen LogP contribution in [0.15, 0.2) is 24.3 Å². The third-order valence-electron chi connectivity index (χ3n) is 3.74. The van der Waals surface area contributed by atoms with Crippen LogP contribution in [0.25, 0.3) is 0 Å². The van der Waals surface area contributed by atoms with Crippen LogP contribution >= 0.6 is 11.3 Å². The molecule has 0 unspecified atom stereocenters. The lowest BCUT2D eigenvalue weighted by Gasteiger charge is -2.08. The van der Waals surface area contributed by atoms with Gasteiger partial charge in [-0.1, -0.05) is 18.2 Å².